The number of nitrogens with zero attached hydrogens (tertiary/aromatic N) is 1. The summed E-state index contributed by atoms with van der Waals surface area (Å²) < 4.78 is 0. The Labute approximate surface area is 85.9 Å². The molecule has 0 amide bonds. The van der Waals surface area contributed by atoms with Crippen molar-refractivity contribution in [3.63, 3.8) is 0 Å². The smallest absolute Gasteiger partial charge is 0.0894 e. The molecule has 1 aliphatic heterocycles. The van der Waals surface area contributed by atoms with Crippen molar-refractivity contribution in [2.24, 2.45) is 0 Å². The zero-order chi connectivity index (χ0) is 10.2. The van der Waals surface area contributed by atoms with Crippen molar-refractivity contribution in [1.29, 1.82) is 0 Å². The second-order valence-electron chi connectivity index (χ2n) is 3.94. The highest BCUT2D eigenvalue weighted by Crippen LogP contribution is 2.07. The highest BCUT2D eigenvalue weighted by atomic mass is 16.3. The van der Waals surface area contributed by atoms with Crippen LogP contribution in [0.4, 0.5) is 0 Å². The summed E-state index contributed by atoms with van der Waals surface area (Å²) in [5, 5.41) is 20.8. The third-order valence-electron chi connectivity index (χ3n) is 2.64. The fourth-order valence-corrected chi connectivity index (χ4v) is 1.75. The van der Waals surface area contributed by atoms with Gasteiger partial charge in [-0.1, -0.05) is 6.42 Å². The minimum Gasteiger partial charge on any atom is -0.394 e. The molecule has 1 rings (SSSR count). The molecule has 14 heavy (non-hydrogen) atoms. The summed E-state index contributed by atoms with van der Waals surface area (Å²) in [7, 11) is 0. The molecule has 0 bridgehead atoms. The fraction of sp³-hybridized carbons (Fsp3) is 1.00. The van der Waals surface area contributed by atoms with Gasteiger partial charge in [0.05, 0.1) is 12.7 Å². The van der Waals surface area contributed by atoms with Gasteiger partial charge in [-0.05, 0) is 25.9 Å². The fourth-order valence-electron chi connectivity index (χ4n) is 1.75. The van der Waals surface area contributed by atoms with E-state index in [1.165, 1.54) is 32.4 Å². The van der Waals surface area contributed by atoms with Gasteiger partial charge in [0.2, 0.25) is 0 Å². The summed E-state index contributed by atoms with van der Waals surface area (Å²) in [5.74, 6) is 0. The Morgan fingerprint density at radius 1 is 1.21 bits per heavy atom. The molecule has 1 saturated heterocycles. The molecule has 84 valence electrons. The molecule has 0 spiro atoms. The summed E-state index contributed by atoms with van der Waals surface area (Å²) in [4.78, 5) is 2.45. The van der Waals surface area contributed by atoms with E-state index in [2.05, 4.69) is 10.2 Å². The molecule has 3 N–H and O–H groups in total. The van der Waals surface area contributed by atoms with E-state index in [1.807, 2.05) is 0 Å². The van der Waals surface area contributed by atoms with Crippen LogP contribution in [-0.2, 0) is 0 Å². The van der Waals surface area contributed by atoms with Crippen molar-refractivity contribution >= 4 is 0 Å². The second kappa shape index (κ2) is 7.17. The molecule has 0 unspecified atom stereocenters. The van der Waals surface area contributed by atoms with E-state index >= 15 is 0 Å². The first-order valence-electron chi connectivity index (χ1n) is 5.55. The number of hydrogen-bond acceptors (Lipinski definition) is 4. The van der Waals surface area contributed by atoms with Crippen LogP contribution < -0.4 is 5.32 Å². The zero-order valence-electron chi connectivity index (χ0n) is 8.78. The van der Waals surface area contributed by atoms with E-state index < -0.39 is 6.10 Å². The first kappa shape index (κ1) is 11.9. The largest absolute Gasteiger partial charge is 0.394 e. The van der Waals surface area contributed by atoms with Gasteiger partial charge in [0.25, 0.3) is 0 Å². The van der Waals surface area contributed by atoms with Gasteiger partial charge in [0, 0.05) is 19.6 Å². The van der Waals surface area contributed by atoms with Gasteiger partial charge in [-0.25, -0.2) is 0 Å². The van der Waals surface area contributed by atoms with Gasteiger partial charge in [0.1, 0.15) is 0 Å². The Bertz CT molecular complexity index is 138. The van der Waals surface area contributed by atoms with Crippen molar-refractivity contribution in [1.82, 2.24) is 10.2 Å². The van der Waals surface area contributed by atoms with Crippen molar-refractivity contribution in [3.05, 3.63) is 0 Å². The lowest BCUT2D eigenvalue weighted by Crippen LogP contribution is -2.38. The average molecular weight is 202 g/mol. The summed E-state index contributed by atoms with van der Waals surface area (Å²) in [6.07, 6.45) is 3.39. The van der Waals surface area contributed by atoms with Crippen LogP contribution in [0.2, 0.25) is 0 Å². The SMILES string of the molecule is OC[C@@H](O)CNCCN1CCCCC1. The monoisotopic (exact) mass is 202 g/mol. The van der Waals surface area contributed by atoms with Crippen molar-refractivity contribution < 1.29 is 10.2 Å². The lowest BCUT2D eigenvalue weighted by atomic mass is 10.1. The van der Waals surface area contributed by atoms with Crippen molar-refractivity contribution in [3.8, 4) is 0 Å². The standard InChI is InChI=1S/C10H22N2O2/c13-9-10(14)8-11-4-7-12-5-2-1-3-6-12/h10-11,13-14H,1-9H2/t10-/m0/s1. The molecule has 1 atom stereocenters. The number of piperidine rings is 1. The Hall–Kier alpha value is -0.160. The van der Waals surface area contributed by atoms with Gasteiger partial charge >= 0.3 is 0 Å². The Balaban J connectivity index is 1.92. The highest BCUT2D eigenvalue weighted by molar-refractivity contribution is 4.66. The Morgan fingerprint density at radius 3 is 2.57 bits per heavy atom. The summed E-state index contributed by atoms with van der Waals surface area (Å²) >= 11 is 0. The van der Waals surface area contributed by atoms with Crippen molar-refractivity contribution in [2.75, 3.05) is 39.3 Å². The molecule has 1 fully saturated rings. The Morgan fingerprint density at radius 2 is 1.93 bits per heavy atom. The molecular weight excluding hydrogens is 180 g/mol. The van der Waals surface area contributed by atoms with Crippen LogP contribution in [0.25, 0.3) is 0 Å². The second-order valence-corrected chi connectivity index (χ2v) is 3.94. The normalized spacial score (nSPS) is 21.0. The maximum Gasteiger partial charge on any atom is 0.0894 e. The lowest BCUT2D eigenvalue weighted by Gasteiger charge is -2.26. The molecule has 0 aromatic rings. The first-order chi connectivity index (χ1) is 6.83. The maximum absolute atomic E-state index is 9.07. The van der Waals surface area contributed by atoms with Crippen LogP contribution in [0, 0.1) is 0 Å². The van der Waals surface area contributed by atoms with Gasteiger partial charge in [-0.15, -0.1) is 0 Å². The predicted molar refractivity (Wildman–Crippen MR) is 56.3 cm³/mol. The minimum atomic E-state index is -0.614. The molecule has 0 aromatic heterocycles. The predicted octanol–water partition coefficient (Wildman–Crippen LogP) is -0.585. The highest BCUT2D eigenvalue weighted by Gasteiger charge is 2.09. The quantitative estimate of drug-likeness (QED) is 0.504. The van der Waals surface area contributed by atoms with Crippen LogP contribution in [0.15, 0.2) is 0 Å². The van der Waals surface area contributed by atoms with E-state index in [9.17, 15) is 0 Å². The molecule has 0 aliphatic carbocycles. The minimum absolute atomic E-state index is 0.156. The lowest BCUT2D eigenvalue weighted by molar-refractivity contribution is 0.0935. The molecule has 4 nitrogen and oxygen atoms in total. The van der Waals surface area contributed by atoms with Crippen LogP contribution >= 0.6 is 0 Å². The van der Waals surface area contributed by atoms with Crippen LogP contribution in [0.3, 0.4) is 0 Å². The number of hydrogen-bond donors (Lipinski definition) is 3. The van der Waals surface area contributed by atoms with Gasteiger partial charge in [0.15, 0.2) is 0 Å². The summed E-state index contributed by atoms with van der Waals surface area (Å²) in [6.45, 7) is 4.71. The van der Waals surface area contributed by atoms with E-state index in [4.69, 9.17) is 10.2 Å². The van der Waals surface area contributed by atoms with E-state index in [1.54, 1.807) is 0 Å². The molecule has 1 aliphatic rings. The number of nitrogens with one attached hydrogen (secondary N) is 1. The summed E-state index contributed by atoms with van der Waals surface area (Å²) in [5.41, 5.74) is 0. The number of likely N-dealkylation sites (tertiary alicyclic amines) is 1. The number of aliphatic hydroxyl groups is 2. The molecule has 4 heteroatoms. The van der Waals surface area contributed by atoms with Gasteiger partial charge in [-0.3, -0.25) is 0 Å². The topological polar surface area (TPSA) is 55.7 Å². The Kier molecular flexibility index (Phi) is 6.10. The average Bonchev–Trinajstić information content (AvgIpc) is 2.25. The molecular formula is C10H22N2O2. The number of rotatable bonds is 6. The van der Waals surface area contributed by atoms with Crippen molar-refractivity contribution in [2.45, 2.75) is 25.4 Å². The van der Waals surface area contributed by atoms with Crippen LogP contribution in [0.5, 0.6) is 0 Å². The van der Waals surface area contributed by atoms with E-state index in [0.717, 1.165) is 13.1 Å². The molecule has 1 heterocycles. The third-order valence-corrected chi connectivity index (χ3v) is 2.64. The van der Waals surface area contributed by atoms with Crippen LogP contribution in [0.1, 0.15) is 19.3 Å². The summed E-state index contributed by atoms with van der Waals surface area (Å²) in [6, 6.07) is 0. The third kappa shape index (κ3) is 4.91. The van der Waals surface area contributed by atoms with Gasteiger partial charge in [-0.2, -0.15) is 0 Å². The molecule has 0 saturated carbocycles. The van der Waals surface area contributed by atoms with Crippen LogP contribution in [-0.4, -0.2) is 60.5 Å². The van der Waals surface area contributed by atoms with E-state index in [-0.39, 0.29) is 6.61 Å². The van der Waals surface area contributed by atoms with Gasteiger partial charge < -0.3 is 20.4 Å². The molecule has 0 aromatic carbocycles. The number of aliphatic hydroxyl groups excluding tert-OH is 2. The van der Waals surface area contributed by atoms with E-state index in [0.29, 0.717) is 6.54 Å². The zero-order valence-corrected chi connectivity index (χ0v) is 8.78. The molecule has 0 radical (unpaired) electrons. The maximum atomic E-state index is 9.07. The first-order valence-corrected chi connectivity index (χ1v) is 5.55.